The topological polar surface area (TPSA) is 30.8 Å². The Morgan fingerprint density at radius 1 is 0.850 bits per heavy atom. The standard InChI is InChI=1S/C36H50NO2P/c1-12-21-36(10,31-23-27(34(4,5)6)22-30(35(7,8)9)32(31)39-24-38-11)40-33-25(2)17-16-20-29(33)26(3)37-28-18-14-13-15-19-28/h13-20,22-23,40H,12,21,24H2,1-11H3/b37-26+. The normalized spacial score (nSPS) is 14.5. The smallest absolute Gasteiger partial charge is 0.188 e. The van der Waals surface area contributed by atoms with Crippen LogP contribution >= 0.6 is 8.58 Å². The Labute approximate surface area is 245 Å². The SMILES string of the molecule is CCCC(C)(Pc1c(C)cccc1/C(C)=N/c1ccccc1)c1cc(C(C)(C)C)cc(C(C)(C)C)c1OCOC. The van der Waals surface area contributed by atoms with E-state index in [0.717, 1.165) is 30.0 Å². The summed E-state index contributed by atoms with van der Waals surface area (Å²) in [5.41, 5.74) is 8.37. The van der Waals surface area contributed by atoms with Gasteiger partial charge < -0.3 is 9.47 Å². The first-order valence-electron chi connectivity index (χ1n) is 14.5. The van der Waals surface area contributed by atoms with Crippen molar-refractivity contribution in [2.24, 2.45) is 4.99 Å². The Bertz CT molecular complexity index is 1320. The van der Waals surface area contributed by atoms with Gasteiger partial charge in [-0.2, -0.15) is 0 Å². The van der Waals surface area contributed by atoms with E-state index in [9.17, 15) is 0 Å². The van der Waals surface area contributed by atoms with E-state index in [-0.39, 0.29) is 22.8 Å². The first kappa shape index (κ1) is 32.0. The lowest BCUT2D eigenvalue weighted by molar-refractivity contribution is 0.0486. The molecule has 0 spiro atoms. The number of hydrogen-bond acceptors (Lipinski definition) is 3. The van der Waals surface area contributed by atoms with Gasteiger partial charge >= 0.3 is 0 Å². The second kappa shape index (κ2) is 13.0. The van der Waals surface area contributed by atoms with Crippen LogP contribution in [0.2, 0.25) is 0 Å². The molecule has 0 bridgehead atoms. The second-order valence-electron chi connectivity index (χ2n) is 13.2. The van der Waals surface area contributed by atoms with Gasteiger partial charge in [0.15, 0.2) is 6.79 Å². The maximum Gasteiger partial charge on any atom is 0.188 e. The summed E-state index contributed by atoms with van der Waals surface area (Å²) in [5.74, 6) is 0.982. The Morgan fingerprint density at radius 3 is 2.08 bits per heavy atom. The molecule has 0 amide bonds. The number of hydrogen-bond donors (Lipinski definition) is 0. The van der Waals surface area contributed by atoms with Gasteiger partial charge in [0.2, 0.25) is 0 Å². The van der Waals surface area contributed by atoms with Crippen LogP contribution in [0.25, 0.3) is 0 Å². The summed E-state index contributed by atoms with van der Waals surface area (Å²) in [7, 11) is 2.24. The molecule has 0 aliphatic carbocycles. The first-order chi connectivity index (χ1) is 18.7. The molecule has 0 radical (unpaired) electrons. The highest BCUT2D eigenvalue weighted by molar-refractivity contribution is 7.49. The molecular weight excluding hydrogens is 509 g/mol. The van der Waals surface area contributed by atoms with Crippen LogP contribution in [0.5, 0.6) is 5.75 Å². The summed E-state index contributed by atoms with van der Waals surface area (Å²) in [5, 5.41) is 1.25. The average molecular weight is 560 g/mol. The van der Waals surface area contributed by atoms with E-state index in [0.29, 0.717) is 8.58 Å². The van der Waals surface area contributed by atoms with Crippen molar-refractivity contribution < 1.29 is 9.47 Å². The molecule has 3 aromatic carbocycles. The van der Waals surface area contributed by atoms with Crippen molar-refractivity contribution >= 4 is 25.3 Å². The molecule has 3 rings (SSSR count). The van der Waals surface area contributed by atoms with Gasteiger partial charge in [-0.05, 0) is 59.7 Å². The minimum absolute atomic E-state index is 0.0114. The zero-order valence-corrected chi connectivity index (χ0v) is 27.7. The minimum atomic E-state index is -0.132. The summed E-state index contributed by atoms with van der Waals surface area (Å²) >= 11 is 0. The molecule has 0 saturated heterocycles. The molecule has 3 nitrogen and oxygen atoms in total. The van der Waals surface area contributed by atoms with Crippen molar-refractivity contribution in [1.29, 1.82) is 0 Å². The van der Waals surface area contributed by atoms with Crippen molar-refractivity contribution in [3.8, 4) is 5.75 Å². The number of aliphatic imine (C=N–C) groups is 1. The first-order valence-corrected chi connectivity index (χ1v) is 15.5. The fraction of sp³-hybridized carbons (Fsp3) is 0.472. The number of nitrogens with zero attached hydrogens (tertiary/aromatic N) is 1. The molecule has 40 heavy (non-hydrogen) atoms. The Hall–Kier alpha value is -2.48. The predicted octanol–water partition coefficient (Wildman–Crippen LogP) is 9.73. The molecule has 0 aromatic heterocycles. The van der Waals surface area contributed by atoms with Gasteiger partial charge in [0, 0.05) is 34.7 Å². The Morgan fingerprint density at radius 2 is 1.50 bits per heavy atom. The third kappa shape index (κ3) is 7.62. The number of ether oxygens (including phenoxy) is 2. The lowest BCUT2D eigenvalue weighted by Crippen LogP contribution is -2.27. The highest BCUT2D eigenvalue weighted by atomic mass is 31.1. The van der Waals surface area contributed by atoms with Crippen molar-refractivity contribution in [2.75, 3.05) is 13.9 Å². The van der Waals surface area contributed by atoms with Crippen molar-refractivity contribution in [1.82, 2.24) is 0 Å². The summed E-state index contributed by atoms with van der Waals surface area (Å²) in [6.07, 6.45) is 2.13. The van der Waals surface area contributed by atoms with E-state index in [1.54, 1.807) is 7.11 Å². The molecule has 216 valence electrons. The summed E-state index contributed by atoms with van der Waals surface area (Å²) in [4.78, 5) is 5.01. The van der Waals surface area contributed by atoms with Crippen molar-refractivity contribution in [3.05, 3.63) is 88.5 Å². The van der Waals surface area contributed by atoms with E-state index in [1.807, 2.05) is 18.2 Å². The Kier molecular flexibility index (Phi) is 10.4. The molecule has 0 fully saturated rings. The van der Waals surface area contributed by atoms with Crippen LogP contribution in [0.4, 0.5) is 5.69 Å². The highest BCUT2D eigenvalue weighted by Crippen LogP contribution is 2.52. The molecule has 2 unspecified atom stereocenters. The third-order valence-electron chi connectivity index (χ3n) is 7.55. The molecule has 0 saturated carbocycles. The van der Waals surface area contributed by atoms with Crippen molar-refractivity contribution in [2.45, 2.75) is 98.1 Å². The van der Waals surface area contributed by atoms with Gasteiger partial charge in [-0.25, -0.2) is 0 Å². The number of rotatable bonds is 10. The summed E-state index contributed by atoms with van der Waals surface area (Å²) in [6, 6.07) is 21.7. The molecular formula is C36H50NO2P. The van der Waals surface area contributed by atoms with Gasteiger partial charge in [-0.1, -0.05) is 119 Å². The van der Waals surface area contributed by atoms with Gasteiger partial charge in [-0.3, -0.25) is 4.99 Å². The maximum absolute atomic E-state index is 6.49. The van der Waals surface area contributed by atoms with Crippen LogP contribution < -0.4 is 10.0 Å². The molecule has 0 aliphatic rings. The molecule has 0 aliphatic heterocycles. The second-order valence-corrected chi connectivity index (χ2v) is 15.0. The summed E-state index contributed by atoms with van der Waals surface area (Å²) < 4.78 is 11.9. The molecule has 0 N–H and O–H groups in total. The number of para-hydroxylation sites is 1. The van der Waals surface area contributed by atoms with E-state index in [2.05, 4.69) is 112 Å². The molecule has 4 heteroatoms. The van der Waals surface area contributed by atoms with Crippen LogP contribution in [-0.4, -0.2) is 19.6 Å². The average Bonchev–Trinajstić information content (AvgIpc) is 2.87. The number of methoxy groups -OCH3 is 1. The fourth-order valence-corrected chi connectivity index (χ4v) is 7.16. The van der Waals surface area contributed by atoms with Crippen LogP contribution in [-0.2, 0) is 20.7 Å². The van der Waals surface area contributed by atoms with Crippen LogP contribution in [0.3, 0.4) is 0 Å². The van der Waals surface area contributed by atoms with Gasteiger partial charge in [-0.15, -0.1) is 0 Å². The maximum atomic E-state index is 6.49. The van der Waals surface area contributed by atoms with Gasteiger partial charge in [0.25, 0.3) is 0 Å². The zero-order valence-electron chi connectivity index (χ0n) is 26.7. The van der Waals surface area contributed by atoms with E-state index in [1.165, 1.54) is 33.1 Å². The van der Waals surface area contributed by atoms with E-state index >= 15 is 0 Å². The van der Waals surface area contributed by atoms with Gasteiger partial charge in [0.05, 0.1) is 5.69 Å². The highest BCUT2D eigenvalue weighted by Gasteiger charge is 2.36. The Balaban J connectivity index is 2.29. The molecule has 0 heterocycles. The lowest BCUT2D eigenvalue weighted by Gasteiger charge is -2.37. The zero-order chi connectivity index (χ0) is 29.7. The summed E-state index contributed by atoms with van der Waals surface area (Å²) in [6.45, 7) is 23.1. The van der Waals surface area contributed by atoms with E-state index < -0.39 is 0 Å². The quantitative estimate of drug-likeness (QED) is 0.141. The predicted molar refractivity (Wildman–Crippen MR) is 176 cm³/mol. The largest absolute Gasteiger partial charge is 0.467 e. The van der Waals surface area contributed by atoms with Gasteiger partial charge in [0.1, 0.15) is 5.75 Å². The third-order valence-corrected chi connectivity index (χ3v) is 9.53. The van der Waals surface area contributed by atoms with Crippen LogP contribution in [0.15, 0.2) is 65.7 Å². The van der Waals surface area contributed by atoms with E-state index in [4.69, 9.17) is 14.5 Å². The molecule has 2 atom stereocenters. The fourth-order valence-electron chi connectivity index (χ4n) is 5.23. The van der Waals surface area contributed by atoms with Crippen molar-refractivity contribution in [3.63, 3.8) is 0 Å². The minimum Gasteiger partial charge on any atom is -0.467 e. The molecule has 3 aromatic rings. The monoisotopic (exact) mass is 559 g/mol. The lowest BCUT2D eigenvalue weighted by atomic mass is 9.77. The number of aryl methyl sites for hydroxylation is 1. The number of benzene rings is 3. The van der Waals surface area contributed by atoms with Crippen LogP contribution in [0.1, 0.15) is 103 Å². The van der Waals surface area contributed by atoms with Crippen LogP contribution in [0, 0.1) is 6.92 Å².